The van der Waals surface area contributed by atoms with Crippen LogP contribution < -0.4 is 10.9 Å². The van der Waals surface area contributed by atoms with Gasteiger partial charge in [-0.1, -0.05) is 50.1 Å². The third-order valence-electron chi connectivity index (χ3n) is 8.02. The molecule has 2 heterocycles. The highest BCUT2D eigenvalue weighted by molar-refractivity contribution is 5.76. The second kappa shape index (κ2) is 9.87. The van der Waals surface area contributed by atoms with Gasteiger partial charge in [-0.25, -0.2) is 4.98 Å². The van der Waals surface area contributed by atoms with Gasteiger partial charge in [-0.3, -0.25) is 9.36 Å². The maximum Gasteiger partial charge on any atom is 0.256 e. The van der Waals surface area contributed by atoms with Crippen molar-refractivity contribution in [2.75, 3.05) is 19.4 Å². The van der Waals surface area contributed by atoms with E-state index in [4.69, 9.17) is 4.98 Å². The van der Waals surface area contributed by atoms with Gasteiger partial charge in [-0.15, -0.1) is 0 Å². The van der Waals surface area contributed by atoms with Crippen LogP contribution in [0, 0.1) is 0 Å². The van der Waals surface area contributed by atoms with Crippen molar-refractivity contribution >= 4 is 17.0 Å². The first-order chi connectivity index (χ1) is 16.5. The van der Waals surface area contributed by atoms with E-state index >= 15 is 0 Å². The molecule has 5 rings (SSSR count). The van der Waals surface area contributed by atoms with Crippen molar-refractivity contribution in [3.05, 3.63) is 64.1 Å². The zero-order chi connectivity index (χ0) is 23.7. The average molecular weight is 460 g/mol. The van der Waals surface area contributed by atoms with E-state index in [1.807, 2.05) is 35.0 Å². The van der Waals surface area contributed by atoms with E-state index in [1.54, 1.807) is 0 Å². The van der Waals surface area contributed by atoms with Crippen molar-refractivity contribution in [1.82, 2.24) is 19.4 Å². The monoisotopic (exact) mass is 459 g/mol. The van der Waals surface area contributed by atoms with Gasteiger partial charge in [-0.05, 0) is 64.3 Å². The molecule has 1 atom stereocenters. The molecule has 0 spiro atoms. The summed E-state index contributed by atoms with van der Waals surface area (Å²) in [7, 11) is 4.33. The zero-order valence-electron chi connectivity index (χ0n) is 20.7. The van der Waals surface area contributed by atoms with Gasteiger partial charge >= 0.3 is 0 Å². The summed E-state index contributed by atoms with van der Waals surface area (Å²) < 4.78 is 1.99. The van der Waals surface area contributed by atoms with E-state index in [9.17, 15) is 4.79 Å². The van der Waals surface area contributed by atoms with Crippen LogP contribution in [0.4, 0.5) is 5.95 Å². The van der Waals surface area contributed by atoms with Gasteiger partial charge in [0.05, 0.1) is 0 Å². The van der Waals surface area contributed by atoms with Gasteiger partial charge in [0, 0.05) is 41.2 Å². The number of rotatable bonds is 6. The molecule has 1 aromatic carbocycles. The van der Waals surface area contributed by atoms with E-state index in [0.717, 1.165) is 47.8 Å². The molecular formula is C28H37N5O. The molecule has 34 heavy (non-hydrogen) atoms. The van der Waals surface area contributed by atoms with Gasteiger partial charge in [0.25, 0.3) is 5.56 Å². The smallest absolute Gasteiger partial charge is 0.256 e. The molecule has 180 valence electrons. The number of nitrogens with one attached hydrogen (secondary N) is 1. The Bertz CT molecular complexity index is 1170. The van der Waals surface area contributed by atoms with E-state index in [2.05, 4.69) is 48.4 Å². The standard InChI is InChI=1S/C28H37N5O/c1-19(20-9-5-4-6-10-20)25-17-21-18-29-28(30-22-13-15-23(16-14-22)32(2)3)31-26(21)33(27(25)34)24-11-7-8-12-24/h4-6,9-10,17-19,22-24H,7-8,11-16H2,1-3H3,(H,29,30,31). The minimum Gasteiger partial charge on any atom is -0.351 e. The Hall–Kier alpha value is -2.73. The van der Waals surface area contributed by atoms with Crippen LogP contribution in [0.15, 0.2) is 47.4 Å². The number of fused-ring (bicyclic) bond motifs is 1. The quantitative estimate of drug-likeness (QED) is 0.539. The fourth-order valence-corrected chi connectivity index (χ4v) is 5.86. The molecule has 0 saturated heterocycles. The Labute approximate surface area is 202 Å². The van der Waals surface area contributed by atoms with Gasteiger partial charge in [-0.2, -0.15) is 4.98 Å². The van der Waals surface area contributed by atoms with Crippen molar-refractivity contribution in [3.8, 4) is 0 Å². The van der Waals surface area contributed by atoms with Crippen LogP contribution in [-0.4, -0.2) is 45.6 Å². The van der Waals surface area contributed by atoms with Crippen LogP contribution in [0.1, 0.15) is 81.4 Å². The fourth-order valence-electron chi connectivity index (χ4n) is 5.86. The van der Waals surface area contributed by atoms with Gasteiger partial charge in [0.15, 0.2) is 0 Å². The Morgan fingerprint density at radius 2 is 1.74 bits per heavy atom. The molecule has 2 aliphatic rings. The molecule has 2 aromatic heterocycles. The molecular weight excluding hydrogens is 422 g/mol. The van der Waals surface area contributed by atoms with Crippen LogP contribution in [-0.2, 0) is 0 Å². The molecule has 0 bridgehead atoms. The van der Waals surface area contributed by atoms with Crippen LogP contribution in [0.2, 0.25) is 0 Å². The number of anilines is 1. The molecule has 6 nitrogen and oxygen atoms in total. The first kappa shape index (κ1) is 23.0. The first-order valence-corrected chi connectivity index (χ1v) is 12.9. The van der Waals surface area contributed by atoms with Gasteiger partial charge in [0.1, 0.15) is 5.65 Å². The molecule has 1 N–H and O–H groups in total. The van der Waals surface area contributed by atoms with Crippen LogP contribution >= 0.6 is 0 Å². The number of hydrogen-bond donors (Lipinski definition) is 1. The lowest BCUT2D eigenvalue weighted by atomic mass is 9.90. The maximum atomic E-state index is 13.9. The lowest BCUT2D eigenvalue weighted by molar-refractivity contribution is 0.221. The van der Waals surface area contributed by atoms with Crippen molar-refractivity contribution in [2.24, 2.45) is 0 Å². The van der Waals surface area contributed by atoms with Crippen LogP contribution in [0.3, 0.4) is 0 Å². The fraction of sp³-hybridized carbons (Fsp3) is 0.536. The maximum absolute atomic E-state index is 13.9. The highest BCUT2D eigenvalue weighted by Crippen LogP contribution is 2.32. The summed E-state index contributed by atoms with van der Waals surface area (Å²) in [5.74, 6) is 0.672. The molecule has 6 heteroatoms. The molecule has 2 saturated carbocycles. The van der Waals surface area contributed by atoms with Gasteiger partial charge in [0.2, 0.25) is 5.95 Å². The van der Waals surface area contributed by atoms with Gasteiger partial charge < -0.3 is 10.2 Å². The van der Waals surface area contributed by atoms with E-state index < -0.39 is 0 Å². The van der Waals surface area contributed by atoms with Crippen molar-refractivity contribution in [2.45, 2.75) is 82.3 Å². The predicted octanol–water partition coefficient (Wildman–Crippen LogP) is 5.34. The number of hydrogen-bond acceptors (Lipinski definition) is 5. The second-order valence-corrected chi connectivity index (χ2v) is 10.4. The van der Waals surface area contributed by atoms with Crippen molar-refractivity contribution in [3.63, 3.8) is 0 Å². The van der Waals surface area contributed by atoms with Crippen molar-refractivity contribution in [1.29, 1.82) is 0 Å². The number of nitrogens with zero attached hydrogens (tertiary/aromatic N) is 4. The third-order valence-corrected chi connectivity index (χ3v) is 8.02. The number of aromatic nitrogens is 3. The minimum atomic E-state index is 0.0236. The summed E-state index contributed by atoms with van der Waals surface area (Å²) in [5.41, 5.74) is 2.87. The second-order valence-electron chi connectivity index (χ2n) is 10.4. The summed E-state index contributed by atoms with van der Waals surface area (Å²) in [6.45, 7) is 2.12. The third kappa shape index (κ3) is 4.61. The lowest BCUT2D eigenvalue weighted by Crippen LogP contribution is -2.36. The largest absolute Gasteiger partial charge is 0.351 e. The molecule has 0 aliphatic heterocycles. The highest BCUT2D eigenvalue weighted by Gasteiger charge is 2.26. The predicted molar refractivity (Wildman–Crippen MR) is 139 cm³/mol. The van der Waals surface area contributed by atoms with Crippen LogP contribution in [0.25, 0.3) is 11.0 Å². The lowest BCUT2D eigenvalue weighted by Gasteiger charge is -2.33. The molecule has 2 aliphatic carbocycles. The molecule has 0 radical (unpaired) electrons. The van der Waals surface area contributed by atoms with Crippen LogP contribution in [0.5, 0.6) is 0 Å². The summed E-state index contributed by atoms with van der Waals surface area (Å²) in [6, 6.07) is 13.6. The summed E-state index contributed by atoms with van der Waals surface area (Å²) in [6.07, 6.45) is 10.9. The average Bonchev–Trinajstić information content (AvgIpc) is 3.38. The molecule has 1 unspecified atom stereocenters. The minimum absolute atomic E-state index is 0.0236. The molecule has 2 fully saturated rings. The normalized spacial score (nSPS) is 22.4. The number of benzene rings is 1. The molecule has 3 aromatic rings. The Balaban J connectivity index is 1.50. The first-order valence-electron chi connectivity index (χ1n) is 12.9. The summed E-state index contributed by atoms with van der Waals surface area (Å²) in [5, 5.41) is 4.53. The van der Waals surface area contributed by atoms with E-state index in [0.29, 0.717) is 18.0 Å². The van der Waals surface area contributed by atoms with E-state index in [1.165, 1.54) is 25.7 Å². The Morgan fingerprint density at radius 3 is 2.41 bits per heavy atom. The number of pyridine rings is 1. The Kier molecular flexibility index (Phi) is 6.68. The molecule has 0 amide bonds. The summed E-state index contributed by atoms with van der Waals surface area (Å²) >= 11 is 0. The summed E-state index contributed by atoms with van der Waals surface area (Å²) in [4.78, 5) is 25.8. The topological polar surface area (TPSA) is 63.1 Å². The zero-order valence-corrected chi connectivity index (χ0v) is 20.7. The SMILES string of the molecule is CC(c1ccccc1)c1cc2cnc(NC3CCC(N(C)C)CC3)nc2n(C2CCCC2)c1=O. The Morgan fingerprint density at radius 1 is 1.03 bits per heavy atom. The highest BCUT2D eigenvalue weighted by atomic mass is 16.1. The van der Waals surface area contributed by atoms with E-state index in [-0.39, 0.29) is 17.5 Å². The van der Waals surface area contributed by atoms with Crippen molar-refractivity contribution < 1.29 is 0 Å².